The Morgan fingerprint density at radius 1 is 0.969 bits per heavy atom. The van der Waals surface area contributed by atoms with Gasteiger partial charge in [0.2, 0.25) is 0 Å². The van der Waals surface area contributed by atoms with E-state index >= 15 is 0 Å². The van der Waals surface area contributed by atoms with E-state index in [0.29, 0.717) is 41.3 Å². The SMILES string of the molecule is COc1ccc(C(=O)Nc2ccc(N3CCN(c4ccc(C#N)cc4F)CC3)cc2)cc1. The number of hydrogen-bond donors (Lipinski definition) is 1. The Balaban J connectivity index is 1.34. The zero-order chi connectivity index (χ0) is 22.5. The molecule has 3 aromatic carbocycles. The highest BCUT2D eigenvalue weighted by molar-refractivity contribution is 6.04. The first-order chi connectivity index (χ1) is 15.6. The molecule has 0 saturated carbocycles. The summed E-state index contributed by atoms with van der Waals surface area (Å²) in [4.78, 5) is 16.6. The summed E-state index contributed by atoms with van der Waals surface area (Å²) in [5.41, 5.74) is 3.17. The van der Waals surface area contributed by atoms with Crippen molar-refractivity contribution in [2.24, 2.45) is 0 Å². The fourth-order valence-electron chi connectivity index (χ4n) is 3.74. The number of nitrogens with one attached hydrogen (secondary N) is 1. The van der Waals surface area contributed by atoms with E-state index in [9.17, 15) is 9.18 Å². The molecule has 0 radical (unpaired) electrons. The third-order valence-electron chi connectivity index (χ3n) is 5.54. The number of halogens is 1. The van der Waals surface area contributed by atoms with Crippen molar-refractivity contribution in [2.75, 3.05) is 48.4 Å². The summed E-state index contributed by atoms with van der Waals surface area (Å²) in [7, 11) is 1.59. The van der Waals surface area contributed by atoms with Crippen LogP contribution < -0.4 is 19.9 Å². The minimum Gasteiger partial charge on any atom is -0.497 e. The van der Waals surface area contributed by atoms with Crippen molar-refractivity contribution in [3.8, 4) is 11.8 Å². The molecule has 1 aliphatic rings. The van der Waals surface area contributed by atoms with Gasteiger partial charge < -0.3 is 19.9 Å². The van der Waals surface area contributed by atoms with Gasteiger partial charge in [-0.1, -0.05) is 0 Å². The van der Waals surface area contributed by atoms with Gasteiger partial charge in [-0.2, -0.15) is 5.26 Å². The first-order valence-corrected chi connectivity index (χ1v) is 10.3. The third-order valence-corrected chi connectivity index (χ3v) is 5.54. The first kappa shape index (κ1) is 21.2. The van der Waals surface area contributed by atoms with Crippen LogP contribution in [0, 0.1) is 17.1 Å². The van der Waals surface area contributed by atoms with Crippen LogP contribution >= 0.6 is 0 Å². The lowest BCUT2D eigenvalue weighted by atomic mass is 10.1. The first-order valence-electron chi connectivity index (χ1n) is 10.3. The summed E-state index contributed by atoms with van der Waals surface area (Å²) >= 11 is 0. The molecule has 1 heterocycles. The van der Waals surface area contributed by atoms with E-state index in [1.165, 1.54) is 6.07 Å². The lowest BCUT2D eigenvalue weighted by Crippen LogP contribution is -2.46. The number of anilines is 3. The second kappa shape index (κ2) is 9.40. The van der Waals surface area contributed by atoms with Crippen molar-refractivity contribution in [3.63, 3.8) is 0 Å². The molecule has 1 saturated heterocycles. The van der Waals surface area contributed by atoms with Crippen molar-refractivity contribution in [1.29, 1.82) is 5.26 Å². The summed E-state index contributed by atoms with van der Waals surface area (Å²) in [6.45, 7) is 2.85. The molecule has 7 heteroatoms. The highest BCUT2D eigenvalue weighted by Gasteiger charge is 2.20. The van der Waals surface area contributed by atoms with Crippen LogP contribution in [0.2, 0.25) is 0 Å². The molecule has 1 amide bonds. The Labute approximate surface area is 186 Å². The third kappa shape index (κ3) is 4.65. The standard InChI is InChI=1S/C25H23FN4O2/c1-32-22-9-3-19(4-10-22)25(31)28-20-5-7-21(8-6-20)29-12-14-30(15-13-29)24-11-2-18(17-27)16-23(24)26/h2-11,16H,12-15H2,1H3,(H,28,31). The summed E-state index contributed by atoms with van der Waals surface area (Å²) in [6.07, 6.45) is 0. The number of methoxy groups -OCH3 is 1. The second-order valence-electron chi connectivity index (χ2n) is 7.48. The number of benzene rings is 3. The molecule has 0 unspecified atom stereocenters. The van der Waals surface area contributed by atoms with E-state index in [1.807, 2.05) is 35.2 Å². The van der Waals surface area contributed by atoms with E-state index < -0.39 is 0 Å². The quantitative estimate of drug-likeness (QED) is 0.654. The van der Waals surface area contributed by atoms with Gasteiger partial charge in [-0.15, -0.1) is 0 Å². The van der Waals surface area contributed by atoms with Crippen LogP contribution in [0.25, 0.3) is 0 Å². The highest BCUT2D eigenvalue weighted by atomic mass is 19.1. The molecule has 1 fully saturated rings. The monoisotopic (exact) mass is 430 g/mol. The van der Waals surface area contributed by atoms with Crippen LogP contribution in [-0.2, 0) is 0 Å². The number of nitrogens with zero attached hydrogens (tertiary/aromatic N) is 3. The normalized spacial score (nSPS) is 13.4. The zero-order valence-electron chi connectivity index (χ0n) is 17.7. The summed E-state index contributed by atoms with van der Waals surface area (Å²) in [5, 5.41) is 11.8. The van der Waals surface area contributed by atoms with Crippen molar-refractivity contribution >= 4 is 23.0 Å². The summed E-state index contributed by atoms with van der Waals surface area (Å²) < 4.78 is 19.4. The maximum atomic E-state index is 14.3. The lowest BCUT2D eigenvalue weighted by molar-refractivity contribution is 0.102. The van der Waals surface area contributed by atoms with E-state index in [-0.39, 0.29) is 11.7 Å². The Morgan fingerprint density at radius 2 is 1.62 bits per heavy atom. The molecule has 0 spiro atoms. The smallest absolute Gasteiger partial charge is 0.255 e. The molecular weight excluding hydrogens is 407 g/mol. The van der Waals surface area contributed by atoms with Gasteiger partial charge in [0.25, 0.3) is 5.91 Å². The molecule has 1 aliphatic heterocycles. The maximum Gasteiger partial charge on any atom is 0.255 e. The van der Waals surface area contributed by atoms with Crippen LogP contribution in [0.15, 0.2) is 66.7 Å². The molecule has 0 aliphatic carbocycles. The number of ether oxygens (including phenoxy) is 1. The topological polar surface area (TPSA) is 68.6 Å². The van der Waals surface area contributed by atoms with Gasteiger partial charge in [0.15, 0.2) is 0 Å². The number of carbonyl (C=O) groups excluding carboxylic acids is 1. The average Bonchev–Trinajstić information content (AvgIpc) is 2.84. The molecule has 4 rings (SSSR count). The van der Waals surface area contributed by atoms with Crippen molar-refractivity contribution < 1.29 is 13.9 Å². The summed E-state index contributed by atoms with van der Waals surface area (Å²) in [5.74, 6) is 0.154. The van der Waals surface area contributed by atoms with Gasteiger partial charge in [0.05, 0.1) is 24.4 Å². The van der Waals surface area contributed by atoms with Gasteiger partial charge in [0, 0.05) is 43.1 Å². The number of piperazine rings is 1. The zero-order valence-corrected chi connectivity index (χ0v) is 17.7. The fourth-order valence-corrected chi connectivity index (χ4v) is 3.74. The predicted molar refractivity (Wildman–Crippen MR) is 123 cm³/mol. The number of carbonyl (C=O) groups is 1. The molecule has 6 nitrogen and oxygen atoms in total. The van der Waals surface area contributed by atoms with Gasteiger partial charge in [-0.05, 0) is 66.7 Å². The van der Waals surface area contributed by atoms with Gasteiger partial charge >= 0.3 is 0 Å². The molecule has 162 valence electrons. The predicted octanol–water partition coefficient (Wildman–Crippen LogP) is 4.28. The Kier molecular flexibility index (Phi) is 6.22. The fraction of sp³-hybridized carbons (Fsp3) is 0.200. The van der Waals surface area contributed by atoms with Crippen LogP contribution in [0.1, 0.15) is 15.9 Å². The Bertz CT molecular complexity index is 1130. The second-order valence-corrected chi connectivity index (χ2v) is 7.48. The van der Waals surface area contributed by atoms with Gasteiger partial charge in [-0.25, -0.2) is 4.39 Å². The maximum absolute atomic E-state index is 14.3. The number of hydrogen-bond acceptors (Lipinski definition) is 5. The van der Waals surface area contributed by atoms with E-state index in [0.717, 1.165) is 18.8 Å². The highest BCUT2D eigenvalue weighted by Crippen LogP contribution is 2.25. The molecule has 0 atom stereocenters. The van der Waals surface area contributed by atoms with E-state index in [1.54, 1.807) is 43.5 Å². The average molecular weight is 430 g/mol. The number of rotatable bonds is 5. The minimum absolute atomic E-state index is 0.182. The number of nitriles is 1. The summed E-state index contributed by atoms with van der Waals surface area (Å²) in [6, 6.07) is 21.2. The van der Waals surface area contributed by atoms with Crippen molar-refractivity contribution in [3.05, 3.63) is 83.7 Å². The van der Waals surface area contributed by atoms with Crippen molar-refractivity contribution in [2.45, 2.75) is 0 Å². The van der Waals surface area contributed by atoms with Crippen LogP contribution in [-0.4, -0.2) is 39.2 Å². The Hall–Kier alpha value is -4.05. The molecule has 3 aromatic rings. The largest absolute Gasteiger partial charge is 0.497 e. The van der Waals surface area contributed by atoms with Crippen LogP contribution in [0.5, 0.6) is 5.75 Å². The Morgan fingerprint density at radius 3 is 2.22 bits per heavy atom. The van der Waals surface area contributed by atoms with Crippen LogP contribution in [0.3, 0.4) is 0 Å². The van der Waals surface area contributed by atoms with Gasteiger partial charge in [0.1, 0.15) is 11.6 Å². The minimum atomic E-state index is -0.366. The van der Waals surface area contributed by atoms with E-state index in [2.05, 4.69) is 10.2 Å². The molecule has 0 aromatic heterocycles. The van der Waals surface area contributed by atoms with Crippen LogP contribution in [0.4, 0.5) is 21.5 Å². The number of amides is 1. The molecular formula is C25H23FN4O2. The van der Waals surface area contributed by atoms with E-state index in [4.69, 9.17) is 10.00 Å². The van der Waals surface area contributed by atoms with Crippen molar-refractivity contribution in [1.82, 2.24) is 0 Å². The molecule has 1 N–H and O–H groups in total. The lowest BCUT2D eigenvalue weighted by Gasteiger charge is -2.37. The van der Waals surface area contributed by atoms with Gasteiger partial charge in [-0.3, -0.25) is 4.79 Å². The molecule has 0 bridgehead atoms. The molecule has 32 heavy (non-hydrogen) atoms.